The maximum atomic E-state index is 11.6. The van der Waals surface area contributed by atoms with Crippen LogP contribution >= 0.6 is 0 Å². The van der Waals surface area contributed by atoms with Crippen LogP contribution in [0, 0.1) is 5.92 Å². The van der Waals surface area contributed by atoms with Gasteiger partial charge in [-0.25, -0.2) is 0 Å². The molecule has 0 saturated carbocycles. The Bertz CT molecular complexity index is 179. The Hall–Kier alpha value is -0.610. The average molecular weight is 214 g/mol. The Balaban J connectivity index is 2.02. The molecule has 15 heavy (non-hydrogen) atoms. The van der Waals surface area contributed by atoms with E-state index >= 15 is 0 Å². The third-order valence-corrected chi connectivity index (χ3v) is 2.80. The molecule has 1 aliphatic heterocycles. The number of piperidine rings is 1. The van der Waals surface area contributed by atoms with Gasteiger partial charge in [-0.15, -0.1) is 0 Å². The number of unbranched alkanes of at least 4 members (excludes halogenated alkanes) is 2. The van der Waals surface area contributed by atoms with E-state index in [0.717, 1.165) is 51.7 Å². The highest BCUT2D eigenvalue weighted by Gasteiger charge is 2.19. The van der Waals surface area contributed by atoms with Gasteiger partial charge in [0.2, 0.25) is 5.91 Å². The molecular formula is C11H22N2O2. The number of carbonyl (C=O) groups excluding carboxylic acids is 1. The molecule has 0 aliphatic carbocycles. The highest BCUT2D eigenvalue weighted by Crippen LogP contribution is 2.09. The minimum absolute atomic E-state index is 0.164. The molecule has 1 aliphatic rings. The normalized spacial score (nSPS) is 21.3. The van der Waals surface area contributed by atoms with Gasteiger partial charge in [-0.1, -0.05) is 0 Å². The van der Waals surface area contributed by atoms with Crippen LogP contribution in [0.5, 0.6) is 0 Å². The first-order valence-electron chi connectivity index (χ1n) is 5.94. The van der Waals surface area contributed by atoms with Crippen LogP contribution in [0.3, 0.4) is 0 Å². The zero-order valence-electron chi connectivity index (χ0n) is 9.30. The van der Waals surface area contributed by atoms with E-state index in [1.165, 1.54) is 0 Å². The molecule has 3 N–H and O–H groups in total. The smallest absolute Gasteiger partial charge is 0.224 e. The highest BCUT2D eigenvalue weighted by molar-refractivity contribution is 5.78. The lowest BCUT2D eigenvalue weighted by Crippen LogP contribution is -2.40. The van der Waals surface area contributed by atoms with E-state index in [1.54, 1.807) is 0 Å². The second-order valence-electron chi connectivity index (χ2n) is 4.12. The summed E-state index contributed by atoms with van der Waals surface area (Å²) in [6.45, 7) is 2.86. The minimum atomic E-state index is 0.164. The number of aliphatic hydroxyl groups excluding tert-OH is 1. The molecule has 1 heterocycles. The number of carbonyl (C=O) groups is 1. The molecule has 0 spiro atoms. The van der Waals surface area contributed by atoms with Gasteiger partial charge in [-0.05, 0) is 38.6 Å². The lowest BCUT2D eigenvalue weighted by Gasteiger charge is -2.21. The summed E-state index contributed by atoms with van der Waals surface area (Å²) in [5.74, 6) is 0.350. The van der Waals surface area contributed by atoms with E-state index in [0.29, 0.717) is 0 Å². The summed E-state index contributed by atoms with van der Waals surface area (Å²) >= 11 is 0. The van der Waals surface area contributed by atoms with Crippen LogP contribution < -0.4 is 10.6 Å². The van der Waals surface area contributed by atoms with Gasteiger partial charge in [-0.2, -0.15) is 0 Å². The molecule has 1 amide bonds. The van der Waals surface area contributed by atoms with Crippen LogP contribution in [0.25, 0.3) is 0 Å². The van der Waals surface area contributed by atoms with E-state index in [2.05, 4.69) is 10.6 Å². The van der Waals surface area contributed by atoms with Crippen molar-refractivity contribution < 1.29 is 9.90 Å². The van der Waals surface area contributed by atoms with Crippen molar-refractivity contribution in [1.29, 1.82) is 0 Å². The van der Waals surface area contributed by atoms with Gasteiger partial charge < -0.3 is 15.7 Å². The number of hydrogen-bond acceptors (Lipinski definition) is 3. The topological polar surface area (TPSA) is 61.4 Å². The van der Waals surface area contributed by atoms with Crippen molar-refractivity contribution >= 4 is 5.91 Å². The van der Waals surface area contributed by atoms with E-state index < -0.39 is 0 Å². The molecule has 0 aromatic carbocycles. The van der Waals surface area contributed by atoms with Crippen LogP contribution in [0.4, 0.5) is 0 Å². The monoisotopic (exact) mass is 214 g/mol. The first-order valence-corrected chi connectivity index (χ1v) is 5.94. The van der Waals surface area contributed by atoms with Gasteiger partial charge in [0.1, 0.15) is 0 Å². The fourth-order valence-corrected chi connectivity index (χ4v) is 1.85. The molecule has 1 saturated heterocycles. The van der Waals surface area contributed by atoms with Crippen molar-refractivity contribution in [2.24, 2.45) is 5.92 Å². The highest BCUT2D eigenvalue weighted by atomic mass is 16.2. The van der Waals surface area contributed by atoms with Crippen molar-refractivity contribution in [3.8, 4) is 0 Å². The Morgan fingerprint density at radius 3 is 2.93 bits per heavy atom. The summed E-state index contributed by atoms with van der Waals surface area (Å²) in [5.41, 5.74) is 0. The van der Waals surface area contributed by atoms with Crippen molar-refractivity contribution in [3.05, 3.63) is 0 Å². The Labute approximate surface area is 91.4 Å². The SMILES string of the molecule is O=C(NCCCCCO)C1CCCNC1. The Morgan fingerprint density at radius 1 is 1.40 bits per heavy atom. The summed E-state index contributed by atoms with van der Waals surface area (Å²) in [4.78, 5) is 11.6. The number of amides is 1. The first-order chi connectivity index (χ1) is 7.34. The van der Waals surface area contributed by atoms with E-state index in [1.807, 2.05) is 0 Å². The van der Waals surface area contributed by atoms with Crippen LogP contribution in [0.2, 0.25) is 0 Å². The average Bonchev–Trinajstić information content (AvgIpc) is 2.30. The van der Waals surface area contributed by atoms with Crippen molar-refractivity contribution in [1.82, 2.24) is 10.6 Å². The largest absolute Gasteiger partial charge is 0.396 e. The molecule has 1 unspecified atom stereocenters. The Kier molecular flexibility index (Phi) is 6.36. The third kappa shape index (κ3) is 5.14. The quantitative estimate of drug-likeness (QED) is 0.556. The van der Waals surface area contributed by atoms with Crippen LogP contribution in [-0.4, -0.2) is 37.3 Å². The molecule has 0 radical (unpaired) electrons. The number of aliphatic hydroxyl groups is 1. The zero-order chi connectivity index (χ0) is 10.9. The van der Waals surface area contributed by atoms with Gasteiger partial charge in [0.15, 0.2) is 0 Å². The van der Waals surface area contributed by atoms with Crippen molar-refractivity contribution in [2.75, 3.05) is 26.2 Å². The predicted octanol–water partition coefficient (Wildman–Crippen LogP) is 0.265. The maximum Gasteiger partial charge on any atom is 0.224 e. The van der Waals surface area contributed by atoms with Crippen LogP contribution in [0.1, 0.15) is 32.1 Å². The molecule has 0 aromatic rings. The van der Waals surface area contributed by atoms with Crippen molar-refractivity contribution in [3.63, 3.8) is 0 Å². The molecule has 1 rings (SSSR count). The number of hydrogen-bond donors (Lipinski definition) is 3. The molecule has 88 valence electrons. The molecule has 4 nitrogen and oxygen atoms in total. The number of rotatable bonds is 6. The molecule has 1 fully saturated rings. The summed E-state index contributed by atoms with van der Waals surface area (Å²) in [6, 6.07) is 0. The molecule has 0 aromatic heterocycles. The van der Waals surface area contributed by atoms with Crippen molar-refractivity contribution in [2.45, 2.75) is 32.1 Å². The molecule has 1 atom stereocenters. The maximum absolute atomic E-state index is 11.6. The van der Waals surface area contributed by atoms with E-state index in [9.17, 15) is 4.79 Å². The second kappa shape index (κ2) is 7.65. The van der Waals surface area contributed by atoms with E-state index in [-0.39, 0.29) is 18.4 Å². The van der Waals surface area contributed by atoms with Gasteiger partial charge in [0.25, 0.3) is 0 Å². The van der Waals surface area contributed by atoms with Gasteiger partial charge in [-0.3, -0.25) is 4.79 Å². The Morgan fingerprint density at radius 2 is 2.27 bits per heavy atom. The minimum Gasteiger partial charge on any atom is -0.396 e. The summed E-state index contributed by atoms with van der Waals surface area (Å²) in [7, 11) is 0. The number of nitrogens with one attached hydrogen (secondary N) is 2. The summed E-state index contributed by atoms with van der Waals surface area (Å²) in [5, 5.41) is 14.8. The fraction of sp³-hybridized carbons (Fsp3) is 0.909. The van der Waals surface area contributed by atoms with Crippen LogP contribution in [-0.2, 0) is 4.79 Å². The van der Waals surface area contributed by atoms with Gasteiger partial charge in [0.05, 0.1) is 5.92 Å². The molecule has 4 heteroatoms. The van der Waals surface area contributed by atoms with E-state index in [4.69, 9.17) is 5.11 Å². The van der Waals surface area contributed by atoms with Gasteiger partial charge >= 0.3 is 0 Å². The molecule has 0 bridgehead atoms. The fourth-order valence-electron chi connectivity index (χ4n) is 1.85. The summed E-state index contributed by atoms with van der Waals surface area (Å²) in [6.07, 6.45) is 4.89. The second-order valence-corrected chi connectivity index (χ2v) is 4.12. The van der Waals surface area contributed by atoms with Gasteiger partial charge in [0, 0.05) is 19.7 Å². The van der Waals surface area contributed by atoms with Crippen LogP contribution in [0.15, 0.2) is 0 Å². The molecular weight excluding hydrogens is 192 g/mol. The zero-order valence-corrected chi connectivity index (χ0v) is 9.30. The summed E-state index contributed by atoms with van der Waals surface area (Å²) < 4.78 is 0. The standard InChI is InChI=1S/C11H22N2O2/c14-8-3-1-2-7-13-11(15)10-5-4-6-12-9-10/h10,12,14H,1-9H2,(H,13,15). The predicted molar refractivity (Wildman–Crippen MR) is 59.5 cm³/mol. The lowest BCUT2D eigenvalue weighted by molar-refractivity contribution is -0.125. The lowest BCUT2D eigenvalue weighted by atomic mass is 9.99. The first kappa shape index (κ1) is 12.5. The third-order valence-electron chi connectivity index (χ3n) is 2.80.